The summed E-state index contributed by atoms with van der Waals surface area (Å²) in [5.41, 5.74) is 1.12. The van der Waals surface area contributed by atoms with Crippen LogP contribution in [0.25, 0.3) is 5.57 Å². The summed E-state index contributed by atoms with van der Waals surface area (Å²) in [7, 11) is 0. The maximum atomic E-state index is 6.36. The number of hydrogen-bond acceptors (Lipinski definition) is 7. The maximum Gasteiger partial charge on any atom is 0.222 e. The summed E-state index contributed by atoms with van der Waals surface area (Å²) in [6, 6.07) is 9.35. The number of nitrogens with one attached hydrogen (secondary N) is 2. The fraction of sp³-hybridized carbons (Fsp3) is 0.250. The predicted octanol–water partition coefficient (Wildman–Crippen LogP) is 5.66. The molecule has 2 N–H and O–H groups in total. The van der Waals surface area contributed by atoms with Gasteiger partial charge in [-0.05, 0) is 44.3 Å². The molecule has 0 unspecified atom stereocenters. The molecule has 2 heterocycles. The summed E-state index contributed by atoms with van der Waals surface area (Å²) in [5, 5.41) is 4.48. The van der Waals surface area contributed by atoms with Gasteiger partial charge in [0.15, 0.2) is 0 Å². The number of halogens is 1. The third-order valence-corrected chi connectivity index (χ3v) is 4.52. The zero-order valence-electron chi connectivity index (χ0n) is 16.0. The minimum atomic E-state index is 0.357. The first-order chi connectivity index (χ1) is 13.6. The van der Waals surface area contributed by atoms with Crippen molar-refractivity contribution in [3.05, 3.63) is 59.6 Å². The monoisotopic (exact) mass is 417 g/mol. The number of anilines is 2. The standard InChI is InChI=1S/C20H24ClN5OS/c1-5-13-27-20(22-4)14(6-2)19-15(21)11-12-17(25-19)26-28-18-10-8-9-16(24-18)23-7-3/h6,8-12H,2,4-5,7,13H2,1,3H3,(H,23,24)(H,25,26)/b20-14-. The van der Waals surface area contributed by atoms with E-state index in [0.29, 0.717) is 34.6 Å². The average Bonchev–Trinajstić information content (AvgIpc) is 2.71. The van der Waals surface area contributed by atoms with Crippen molar-refractivity contribution in [2.75, 3.05) is 23.2 Å². The van der Waals surface area contributed by atoms with Crippen LogP contribution in [0.3, 0.4) is 0 Å². The Kier molecular flexibility index (Phi) is 8.84. The second-order valence-corrected chi connectivity index (χ2v) is 6.79. The van der Waals surface area contributed by atoms with Gasteiger partial charge in [0.1, 0.15) is 16.7 Å². The average molecular weight is 418 g/mol. The largest absolute Gasteiger partial charge is 0.477 e. The maximum absolute atomic E-state index is 6.36. The number of hydrogen-bond donors (Lipinski definition) is 2. The molecule has 6 nitrogen and oxygen atoms in total. The second kappa shape index (κ2) is 11.4. The van der Waals surface area contributed by atoms with Crippen LogP contribution >= 0.6 is 23.5 Å². The molecule has 0 bridgehead atoms. The van der Waals surface area contributed by atoms with Crippen molar-refractivity contribution in [1.82, 2.24) is 9.97 Å². The molecule has 2 aromatic rings. The molecule has 148 valence electrons. The molecule has 0 aromatic carbocycles. The van der Waals surface area contributed by atoms with E-state index in [0.717, 1.165) is 23.8 Å². The second-order valence-electron chi connectivity index (χ2n) is 5.55. The van der Waals surface area contributed by atoms with E-state index >= 15 is 0 Å². The van der Waals surface area contributed by atoms with Crippen LogP contribution in [0.15, 0.2) is 58.9 Å². The number of allylic oxidation sites excluding steroid dienone is 2. The van der Waals surface area contributed by atoms with E-state index in [1.807, 2.05) is 32.0 Å². The van der Waals surface area contributed by atoms with Crippen molar-refractivity contribution < 1.29 is 4.74 Å². The minimum absolute atomic E-state index is 0.357. The summed E-state index contributed by atoms with van der Waals surface area (Å²) < 4.78 is 8.84. The fourth-order valence-corrected chi connectivity index (χ4v) is 3.06. The highest BCUT2D eigenvalue weighted by Gasteiger charge is 2.14. The van der Waals surface area contributed by atoms with Gasteiger partial charge in [0.05, 0.1) is 22.9 Å². The molecule has 0 aliphatic carbocycles. The zero-order chi connectivity index (χ0) is 20.4. The molecule has 0 spiro atoms. The van der Waals surface area contributed by atoms with Gasteiger partial charge in [-0.25, -0.2) is 15.0 Å². The molecule has 2 rings (SSSR count). The smallest absolute Gasteiger partial charge is 0.222 e. The van der Waals surface area contributed by atoms with Crippen LogP contribution in [0, 0.1) is 0 Å². The normalized spacial score (nSPS) is 11.4. The topological polar surface area (TPSA) is 71.4 Å². The molecule has 28 heavy (non-hydrogen) atoms. The lowest BCUT2D eigenvalue weighted by atomic mass is 10.1. The van der Waals surface area contributed by atoms with Gasteiger partial charge in [-0.1, -0.05) is 37.2 Å². The highest BCUT2D eigenvalue weighted by molar-refractivity contribution is 8.00. The number of ether oxygens (including phenoxy) is 1. The molecule has 0 aliphatic rings. The summed E-state index contributed by atoms with van der Waals surface area (Å²) in [4.78, 5) is 13.1. The van der Waals surface area contributed by atoms with Gasteiger partial charge in [0, 0.05) is 18.5 Å². The van der Waals surface area contributed by atoms with Crippen molar-refractivity contribution >= 4 is 47.5 Å². The molecule has 0 atom stereocenters. The van der Waals surface area contributed by atoms with Crippen LogP contribution in [0.5, 0.6) is 0 Å². The zero-order valence-corrected chi connectivity index (χ0v) is 17.6. The molecule has 0 saturated heterocycles. The van der Waals surface area contributed by atoms with Gasteiger partial charge in [-0.3, -0.25) is 0 Å². The van der Waals surface area contributed by atoms with Crippen molar-refractivity contribution in [2.24, 2.45) is 4.99 Å². The highest BCUT2D eigenvalue weighted by atomic mass is 35.5. The number of aromatic nitrogens is 2. The molecule has 0 amide bonds. The van der Waals surface area contributed by atoms with Gasteiger partial charge < -0.3 is 14.8 Å². The quantitative estimate of drug-likeness (QED) is 0.212. The third kappa shape index (κ3) is 6.00. The number of aliphatic imine (C=N–C) groups is 1. The summed E-state index contributed by atoms with van der Waals surface area (Å²) in [5.74, 6) is 1.81. The van der Waals surface area contributed by atoms with Crippen LogP contribution in [-0.2, 0) is 4.74 Å². The van der Waals surface area contributed by atoms with Crippen LogP contribution in [-0.4, -0.2) is 29.8 Å². The van der Waals surface area contributed by atoms with Crippen LogP contribution < -0.4 is 10.0 Å². The van der Waals surface area contributed by atoms with Gasteiger partial charge in [-0.15, -0.1) is 0 Å². The summed E-state index contributed by atoms with van der Waals surface area (Å²) in [6.07, 6.45) is 2.47. The molecular weight excluding hydrogens is 394 g/mol. The van der Waals surface area contributed by atoms with E-state index in [1.54, 1.807) is 18.2 Å². The van der Waals surface area contributed by atoms with E-state index in [4.69, 9.17) is 16.3 Å². The van der Waals surface area contributed by atoms with E-state index in [9.17, 15) is 0 Å². The first kappa shape index (κ1) is 21.8. The van der Waals surface area contributed by atoms with Gasteiger partial charge >= 0.3 is 0 Å². The Morgan fingerprint density at radius 2 is 2.07 bits per heavy atom. The van der Waals surface area contributed by atoms with E-state index in [2.05, 4.69) is 38.3 Å². The van der Waals surface area contributed by atoms with Crippen LogP contribution in [0.2, 0.25) is 5.02 Å². The highest BCUT2D eigenvalue weighted by Crippen LogP contribution is 2.29. The van der Waals surface area contributed by atoms with E-state index < -0.39 is 0 Å². The summed E-state index contributed by atoms with van der Waals surface area (Å²) >= 11 is 7.72. The van der Waals surface area contributed by atoms with Gasteiger partial charge in [0.2, 0.25) is 5.88 Å². The Hall–Kier alpha value is -2.51. The molecule has 0 saturated carbocycles. The molecule has 0 radical (unpaired) electrons. The molecule has 2 aromatic heterocycles. The molecule has 0 fully saturated rings. The van der Waals surface area contributed by atoms with E-state index in [-0.39, 0.29) is 0 Å². The van der Waals surface area contributed by atoms with Crippen molar-refractivity contribution in [2.45, 2.75) is 25.3 Å². The lowest BCUT2D eigenvalue weighted by Crippen LogP contribution is -2.01. The SMILES string of the molecule is C=C/C(=C(\N=C)OCCC)c1nc(NSc2cccc(NCC)n2)ccc1Cl. The first-order valence-corrected chi connectivity index (χ1v) is 10.1. The number of rotatable bonds is 11. The van der Waals surface area contributed by atoms with Gasteiger partial charge in [-0.2, -0.15) is 0 Å². The summed E-state index contributed by atoms with van der Waals surface area (Å²) in [6.45, 7) is 12.8. The third-order valence-electron chi connectivity index (χ3n) is 3.46. The lowest BCUT2D eigenvalue weighted by molar-refractivity contribution is 0.213. The predicted molar refractivity (Wildman–Crippen MR) is 120 cm³/mol. The van der Waals surface area contributed by atoms with Crippen molar-refractivity contribution in [1.29, 1.82) is 0 Å². The first-order valence-electron chi connectivity index (χ1n) is 8.89. The number of pyridine rings is 2. The Morgan fingerprint density at radius 1 is 1.25 bits per heavy atom. The van der Waals surface area contributed by atoms with Crippen LogP contribution in [0.1, 0.15) is 26.0 Å². The van der Waals surface area contributed by atoms with E-state index in [1.165, 1.54) is 11.9 Å². The minimum Gasteiger partial charge on any atom is -0.477 e. The molecular formula is C20H24ClN5OS. The van der Waals surface area contributed by atoms with Crippen molar-refractivity contribution in [3.8, 4) is 0 Å². The Labute approximate surface area is 175 Å². The number of nitrogens with zero attached hydrogens (tertiary/aromatic N) is 3. The molecule has 8 heteroatoms. The fourth-order valence-electron chi connectivity index (χ4n) is 2.24. The Balaban J connectivity index is 2.24. The van der Waals surface area contributed by atoms with Crippen LogP contribution in [0.4, 0.5) is 11.6 Å². The Morgan fingerprint density at radius 3 is 2.75 bits per heavy atom. The Bertz CT molecular complexity index is 856. The molecule has 0 aliphatic heterocycles. The van der Waals surface area contributed by atoms with Crippen molar-refractivity contribution in [3.63, 3.8) is 0 Å². The lowest BCUT2D eigenvalue weighted by Gasteiger charge is -2.12. The van der Waals surface area contributed by atoms with Gasteiger partial charge in [0.25, 0.3) is 0 Å².